The van der Waals surface area contributed by atoms with E-state index in [9.17, 15) is 22.8 Å². The van der Waals surface area contributed by atoms with Gasteiger partial charge in [0.15, 0.2) is 5.16 Å². The van der Waals surface area contributed by atoms with Gasteiger partial charge in [0.05, 0.1) is 17.1 Å². The number of imide groups is 1. The molecule has 1 unspecified atom stereocenters. The van der Waals surface area contributed by atoms with Crippen molar-refractivity contribution >= 4 is 23.7 Å². The summed E-state index contributed by atoms with van der Waals surface area (Å²) in [5.41, 5.74) is 0.901. The number of carbonyl (C=O) groups is 2. The lowest BCUT2D eigenvalue weighted by Crippen LogP contribution is -2.47. The molecule has 2 N–H and O–H groups in total. The van der Waals surface area contributed by atoms with Crippen LogP contribution in [-0.4, -0.2) is 39.0 Å². The van der Waals surface area contributed by atoms with E-state index in [1.54, 1.807) is 30.3 Å². The third-order valence-electron chi connectivity index (χ3n) is 5.05. The predicted octanol–water partition coefficient (Wildman–Crippen LogP) is 4.75. The number of halogens is 3. The molecule has 0 radical (unpaired) electrons. The standard InChI is InChI=1S/C21H25F3N4O2S/c1-14(18(29)27-19(30)26-16-10-6-3-7-11-16)31-20-25-12-17(15-8-4-2-5-9-15)28(20)13-21(22,23)24/h2,4-5,8-9,12,14,16H,3,6-7,10-11,13H2,1H3,(H2,26,27,29,30). The molecular weight excluding hydrogens is 429 g/mol. The maximum atomic E-state index is 13.2. The van der Waals surface area contributed by atoms with E-state index in [-0.39, 0.29) is 11.2 Å². The zero-order valence-electron chi connectivity index (χ0n) is 17.1. The Morgan fingerprint density at radius 1 is 1.19 bits per heavy atom. The Morgan fingerprint density at radius 3 is 2.52 bits per heavy atom. The summed E-state index contributed by atoms with van der Waals surface area (Å²) in [4.78, 5) is 28.6. The molecule has 0 bridgehead atoms. The molecule has 1 fully saturated rings. The van der Waals surface area contributed by atoms with Crippen LogP contribution in [0.1, 0.15) is 39.0 Å². The second-order valence-electron chi connectivity index (χ2n) is 7.55. The first kappa shape index (κ1) is 23.2. The fourth-order valence-electron chi connectivity index (χ4n) is 3.52. The van der Waals surface area contributed by atoms with Crippen molar-refractivity contribution in [2.75, 3.05) is 0 Å². The van der Waals surface area contributed by atoms with Gasteiger partial charge in [0.2, 0.25) is 5.91 Å². The van der Waals surface area contributed by atoms with Gasteiger partial charge in [-0.2, -0.15) is 13.2 Å². The van der Waals surface area contributed by atoms with Crippen molar-refractivity contribution in [3.63, 3.8) is 0 Å². The molecule has 1 saturated carbocycles. The third-order valence-corrected chi connectivity index (χ3v) is 6.16. The zero-order chi connectivity index (χ0) is 22.4. The van der Waals surface area contributed by atoms with Gasteiger partial charge in [-0.1, -0.05) is 61.4 Å². The SMILES string of the molecule is CC(Sc1ncc(-c2ccccc2)n1CC(F)(F)F)C(=O)NC(=O)NC1CCCCC1. The molecule has 31 heavy (non-hydrogen) atoms. The molecule has 1 aliphatic rings. The summed E-state index contributed by atoms with van der Waals surface area (Å²) < 4.78 is 40.6. The quantitative estimate of drug-likeness (QED) is 0.618. The Balaban J connectivity index is 1.68. The summed E-state index contributed by atoms with van der Waals surface area (Å²) in [6.07, 6.45) is 1.89. The number of nitrogens with zero attached hydrogens (tertiary/aromatic N) is 2. The van der Waals surface area contributed by atoms with Gasteiger partial charge >= 0.3 is 12.2 Å². The first-order valence-corrected chi connectivity index (χ1v) is 11.1. The number of benzene rings is 1. The number of urea groups is 1. The highest BCUT2D eigenvalue weighted by Gasteiger charge is 2.32. The van der Waals surface area contributed by atoms with Crippen LogP contribution in [0.5, 0.6) is 0 Å². The molecule has 0 aliphatic heterocycles. The fraction of sp³-hybridized carbons (Fsp3) is 0.476. The van der Waals surface area contributed by atoms with Crippen LogP contribution in [-0.2, 0) is 11.3 Å². The number of rotatable bonds is 6. The molecule has 0 saturated heterocycles. The molecule has 3 amide bonds. The molecular formula is C21H25F3N4O2S. The maximum absolute atomic E-state index is 13.2. The molecule has 0 spiro atoms. The van der Waals surface area contributed by atoms with Crippen LogP contribution in [0.2, 0.25) is 0 Å². The molecule has 1 aromatic heterocycles. The highest BCUT2D eigenvalue weighted by molar-refractivity contribution is 8.00. The van der Waals surface area contributed by atoms with Gasteiger partial charge in [-0.05, 0) is 25.3 Å². The minimum absolute atomic E-state index is 0.0450. The van der Waals surface area contributed by atoms with Gasteiger partial charge in [-0.25, -0.2) is 9.78 Å². The number of thioether (sulfide) groups is 1. The highest BCUT2D eigenvalue weighted by Crippen LogP contribution is 2.31. The van der Waals surface area contributed by atoms with Crippen LogP contribution in [0, 0.1) is 0 Å². The normalized spacial score (nSPS) is 16.0. The minimum Gasteiger partial charge on any atom is -0.335 e. The average molecular weight is 455 g/mol. The largest absolute Gasteiger partial charge is 0.406 e. The zero-order valence-corrected chi connectivity index (χ0v) is 17.9. The fourth-order valence-corrected chi connectivity index (χ4v) is 4.40. The molecule has 1 aromatic carbocycles. The van der Waals surface area contributed by atoms with Crippen molar-refractivity contribution in [3.05, 3.63) is 36.5 Å². The molecule has 168 valence electrons. The Hall–Kier alpha value is -2.49. The summed E-state index contributed by atoms with van der Waals surface area (Å²) in [6, 6.07) is 8.10. The summed E-state index contributed by atoms with van der Waals surface area (Å²) >= 11 is 0.882. The first-order chi connectivity index (χ1) is 14.7. The van der Waals surface area contributed by atoms with Crippen LogP contribution in [0.15, 0.2) is 41.7 Å². The van der Waals surface area contributed by atoms with E-state index in [1.165, 1.54) is 13.1 Å². The Kier molecular flexibility index (Phi) is 7.64. The van der Waals surface area contributed by atoms with Crippen molar-refractivity contribution in [3.8, 4) is 11.3 Å². The van der Waals surface area contributed by atoms with Gasteiger partial charge in [0, 0.05) is 6.04 Å². The van der Waals surface area contributed by atoms with E-state index in [0.717, 1.165) is 48.4 Å². The van der Waals surface area contributed by atoms with Crippen molar-refractivity contribution in [2.24, 2.45) is 0 Å². The first-order valence-electron chi connectivity index (χ1n) is 10.2. The van der Waals surface area contributed by atoms with E-state index in [2.05, 4.69) is 15.6 Å². The van der Waals surface area contributed by atoms with Crippen LogP contribution in [0.4, 0.5) is 18.0 Å². The maximum Gasteiger partial charge on any atom is 0.406 e. The van der Waals surface area contributed by atoms with Crippen molar-refractivity contribution in [1.82, 2.24) is 20.2 Å². The van der Waals surface area contributed by atoms with Gasteiger partial charge in [-0.3, -0.25) is 10.1 Å². The topological polar surface area (TPSA) is 76.0 Å². The monoisotopic (exact) mass is 454 g/mol. The van der Waals surface area contributed by atoms with Crippen molar-refractivity contribution in [2.45, 2.75) is 68.2 Å². The number of hydrogen-bond donors (Lipinski definition) is 2. The van der Waals surface area contributed by atoms with E-state index < -0.39 is 29.9 Å². The molecule has 1 atom stereocenters. The molecule has 1 heterocycles. The van der Waals surface area contributed by atoms with E-state index in [1.807, 2.05) is 0 Å². The molecule has 6 nitrogen and oxygen atoms in total. The average Bonchev–Trinajstić information content (AvgIpc) is 3.09. The Morgan fingerprint density at radius 2 is 1.87 bits per heavy atom. The van der Waals surface area contributed by atoms with Gasteiger partial charge in [0.1, 0.15) is 6.54 Å². The lowest BCUT2D eigenvalue weighted by atomic mass is 9.96. The molecule has 3 rings (SSSR count). The molecule has 10 heteroatoms. The smallest absolute Gasteiger partial charge is 0.335 e. The van der Waals surface area contributed by atoms with Crippen molar-refractivity contribution < 1.29 is 22.8 Å². The summed E-state index contributed by atoms with van der Waals surface area (Å²) in [6.45, 7) is 0.304. The van der Waals surface area contributed by atoms with Crippen molar-refractivity contribution in [1.29, 1.82) is 0 Å². The van der Waals surface area contributed by atoms with Gasteiger partial charge < -0.3 is 9.88 Å². The number of alkyl halides is 3. The summed E-state index contributed by atoms with van der Waals surface area (Å²) in [5.74, 6) is -0.582. The summed E-state index contributed by atoms with van der Waals surface area (Å²) in [7, 11) is 0. The molecule has 2 aromatic rings. The van der Waals surface area contributed by atoms with Crippen LogP contribution in [0.3, 0.4) is 0 Å². The Labute approximate surface area is 183 Å². The Bertz CT molecular complexity index is 896. The lowest BCUT2D eigenvalue weighted by Gasteiger charge is -2.23. The minimum atomic E-state index is -4.45. The number of imidazole rings is 1. The second-order valence-corrected chi connectivity index (χ2v) is 8.86. The molecule has 1 aliphatic carbocycles. The number of carbonyl (C=O) groups excluding carboxylic acids is 2. The predicted molar refractivity (Wildman–Crippen MR) is 113 cm³/mol. The van der Waals surface area contributed by atoms with Crippen LogP contribution in [0.25, 0.3) is 11.3 Å². The van der Waals surface area contributed by atoms with Gasteiger partial charge in [0.25, 0.3) is 0 Å². The van der Waals surface area contributed by atoms with Gasteiger partial charge in [-0.15, -0.1) is 0 Å². The van der Waals surface area contributed by atoms with E-state index >= 15 is 0 Å². The number of nitrogens with one attached hydrogen (secondary N) is 2. The van der Waals surface area contributed by atoms with E-state index in [4.69, 9.17) is 0 Å². The van der Waals surface area contributed by atoms with Crippen LogP contribution >= 0.6 is 11.8 Å². The lowest BCUT2D eigenvalue weighted by molar-refractivity contribution is -0.141. The van der Waals surface area contributed by atoms with Crippen LogP contribution < -0.4 is 10.6 Å². The summed E-state index contributed by atoms with van der Waals surface area (Å²) in [5, 5.41) is 4.32. The third kappa shape index (κ3) is 6.75. The number of hydrogen-bond acceptors (Lipinski definition) is 4. The number of amides is 3. The second kappa shape index (κ2) is 10.2. The highest BCUT2D eigenvalue weighted by atomic mass is 32.2. The van der Waals surface area contributed by atoms with E-state index in [0.29, 0.717) is 11.3 Å². The number of aromatic nitrogens is 2.